The quantitative estimate of drug-likeness (QED) is 0.764. The molecule has 2 rings (SSSR count). The van der Waals surface area contributed by atoms with Crippen LogP contribution in [0.1, 0.15) is 17.2 Å². The lowest BCUT2D eigenvalue weighted by Crippen LogP contribution is -2.31. The molecule has 1 aromatic carbocycles. The van der Waals surface area contributed by atoms with E-state index >= 15 is 0 Å². The van der Waals surface area contributed by atoms with Crippen LogP contribution in [0.15, 0.2) is 24.3 Å². The Morgan fingerprint density at radius 3 is 2.87 bits per heavy atom. The first-order valence-electron chi connectivity index (χ1n) is 4.86. The van der Waals surface area contributed by atoms with E-state index in [0.29, 0.717) is 0 Å². The second-order valence-electron chi connectivity index (χ2n) is 3.62. The van der Waals surface area contributed by atoms with E-state index in [4.69, 9.17) is 9.84 Å². The number of aliphatic hydroxyl groups excluding tert-OH is 1. The van der Waals surface area contributed by atoms with E-state index < -0.39 is 6.09 Å². The predicted octanol–water partition coefficient (Wildman–Crippen LogP) is 1.14. The van der Waals surface area contributed by atoms with Crippen molar-refractivity contribution in [2.75, 3.05) is 6.61 Å². The van der Waals surface area contributed by atoms with Crippen molar-refractivity contribution in [3.8, 4) is 0 Å². The number of benzene rings is 1. The summed E-state index contributed by atoms with van der Waals surface area (Å²) in [6.45, 7) is 1.83. The maximum Gasteiger partial charge on any atom is 0.408 e. The van der Waals surface area contributed by atoms with Crippen LogP contribution in [-0.4, -0.2) is 23.8 Å². The topological polar surface area (TPSA) is 58.6 Å². The van der Waals surface area contributed by atoms with Crippen LogP contribution in [0.2, 0.25) is 0 Å². The minimum absolute atomic E-state index is 0.120. The Balaban J connectivity index is 2.30. The van der Waals surface area contributed by atoms with E-state index in [-0.39, 0.29) is 18.8 Å². The fraction of sp³-hybridized carbons (Fsp3) is 0.364. The number of hydrogen-bond acceptors (Lipinski definition) is 3. The molecule has 15 heavy (non-hydrogen) atoms. The third-order valence-corrected chi connectivity index (χ3v) is 2.59. The van der Waals surface area contributed by atoms with Crippen LogP contribution >= 0.6 is 0 Å². The van der Waals surface area contributed by atoms with E-state index in [1.165, 1.54) is 0 Å². The maximum absolute atomic E-state index is 11.1. The average molecular weight is 207 g/mol. The molecule has 1 aromatic rings. The summed E-state index contributed by atoms with van der Waals surface area (Å²) in [4.78, 5) is 11.1. The van der Waals surface area contributed by atoms with Gasteiger partial charge in [0.05, 0.1) is 12.6 Å². The Hall–Kier alpha value is -1.55. The van der Waals surface area contributed by atoms with Crippen LogP contribution < -0.4 is 5.32 Å². The minimum Gasteiger partial charge on any atom is -0.439 e. The van der Waals surface area contributed by atoms with Crippen LogP contribution in [0.5, 0.6) is 0 Å². The van der Waals surface area contributed by atoms with Crippen molar-refractivity contribution in [1.29, 1.82) is 0 Å². The number of aryl methyl sites for hydroxylation is 1. The third kappa shape index (κ3) is 1.80. The monoisotopic (exact) mass is 207 g/mol. The first-order valence-corrected chi connectivity index (χ1v) is 4.86. The molecule has 4 nitrogen and oxygen atoms in total. The van der Waals surface area contributed by atoms with Gasteiger partial charge in [0, 0.05) is 0 Å². The Kier molecular flexibility index (Phi) is 2.60. The third-order valence-electron chi connectivity index (χ3n) is 2.59. The first-order chi connectivity index (χ1) is 7.22. The lowest BCUT2D eigenvalue weighted by molar-refractivity contribution is 0.119. The summed E-state index contributed by atoms with van der Waals surface area (Å²) in [6, 6.07) is 7.33. The molecule has 0 radical (unpaired) electrons. The van der Waals surface area contributed by atoms with Crippen LogP contribution in [0.3, 0.4) is 0 Å². The fourth-order valence-corrected chi connectivity index (χ4v) is 1.79. The van der Waals surface area contributed by atoms with E-state index in [0.717, 1.165) is 11.1 Å². The van der Waals surface area contributed by atoms with Crippen molar-refractivity contribution < 1.29 is 14.6 Å². The molecule has 0 aliphatic carbocycles. The highest BCUT2D eigenvalue weighted by molar-refractivity contribution is 5.70. The van der Waals surface area contributed by atoms with Gasteiger partial charge in [-0.3, -0.25) is 0 Å². The molecular formula is C11H13NO3. The molecule has 0 saturated carbocycles. The molecule has 1 aliphatic rings. The summed E-state index contributed by atoms with van der Waals surface area (Å²) in [7, 11) is 0. The summed E-state index contributed by atoms with van der Waals surface area (Å²) in [5.74, 6) is 0. The summed E-state index contributed by atoms with van der Waals surface area (Å²) < 4.78 is 5.12. The molecule has 0 spiro atoms. The summed E-state index contributed by atoms with van der Waals surface area (Å²) in [6.07, 6.45) is -0.856. The zero-order valence-corrected chi connectivity index (χ0v) is 8.43. The molecule has 1 amide bonds. The van der Waals surface area contributed by atoms with Gasteiger partial charge in [-0.1, -0.05) is 24.3 Å². The number of nitrogens with one attached hydrogen (secondary N) is 1. The van der Waals surface area contributed by atoms with Crippen molar-refractivity contribution in [1.82, 2.24) is 5.32 Å². The van der Waals surface area contributed by atoms with Gasteiger partial charge >= 0.3 is 6.09 Å². The molecular weight excluding hydrogens is 194 g/mol. The molecule has 80 valence electrons. The van der Waals surface area contributed by atoms with Gasteiger partial charge in [-0.05, 0) is 18.1 Å². The Bertz CT molecular complexity index is 378. The van der Waals surface area contributed by atoms with E-state index in [9.17, 15) is 4.79 Å². The molecule has 2 unspecified atom stereocenters. The number of carbonyl (C=O) groups is 1. The highest BCUT2D eigenvalue weighted by Gasteiger charge is 2.35. The zero-order chi connectivity index (χ0) is 10.8. The van der Waals surface area contributed by atoms with Gasteiger partial charge in [-0.25, -0.2) is 4.79 Å². The lowest BCUT2D eigenvalue weighted by Gasteiger charge is -2.16. The summed E-state index contributed by atoms with van der Waals surface area (Å²) >= 11 is 0. The molecule has 0 aromatic heterocycles. The number of alkyl carbamates (subject to hydrolysis) is 1. The molecule has 1 fully saturated rings. The number of aliphatic hydroxyl groups is 1. The molecule has 0 bridgehead atoms. The molecule has 1 aliphatic heterocycles. The van der Waals surface area contributed by atoms with E-state index in [2.05, 4.69) is 5.32 Å². The highest BCUT2D eigenvalue weighted by atomic mass is 16.6. The van der Waals surface area contributed by atoms with Crippen LogP contribution in [0, 0.1) is 6.92 Å². The van der Waals surface area contributed by atoms with Crippen LogP contribution in [0.4, 0.5) is 4.79 Å². The minimum atomic E-state index is -0.470. The number of hydrogen-bond donors (Lipinski definition) is 2. The van der Waals surface area contributed by atoms with E-state index in [1.54, 1.807) is 0 Å². The number of amides is 1. The Morgan fingerprint density at radius 1 is 1.47 bits per heavy atom. The van der Waals surface area contributed by atoms with Gasteiger partial charge in [-0.2, -0.15) is 0 Å². The van der Waals surface area contributed by atoms with Gasteiger partial charge < -0.3 is 15.2 Å². The number of carbonyl (C=O) groups excluding carboxylic acids is 1. The van der Waals surface area contributed by atoms with Crippen molar-refractivity contribution >= 4 is 6.09 Å². The molecule has 2 N–H and O–H groups in total. The number of ether oxygens (including phenoxy) is 1. The van der Waals surface area contributed by atoms with Gasteiger partial charge in [0.1, 0.15) is 0 Å². The number of cyclic esters (lactones) is 1. The standard InChI is InChI=1S/C11H13NO3/c1-7-4-2-3-5-8(7)10-9(6-13)12-11(14)15-10/h2-5,9-10,13H,6H2,1H3,(H,12,14). The normalized spacial score (nSPS) is 24.8. The molecule has 1 heterocycles. The molecule has 4 heteroatoms. The van der Waals surface area contributed by atoms with Crippen molar-refractivity contribution in [3.63, 3.8) is 0 Å². The first kappa shape index (κ1) is 9.98. The van der Waals surface area contributed by atoms with Gasteiger partial charge in [0.2, 0.25) is 0 Å². The van der Waals surface area contributed by atoms with Crippen molar-refractivity contribution in [3.05, 3.63) is 35.4 Å². The summed E-state index contributed by atoms with van der Waals surface area (Å²) in [5, 5.41) is 11.7. The second-order valence-corrected chi connectivity index (χ2v) is 3.62. The van der Waals surface area contributed by atoms with Gasteiger partial charge in [-0.15, -0.1) is 0 Å². The fourth-order valence-electron chi connectivity index (χ4n) is 1.79. The SMILES string of the molecule is Cc1ccccc1C1OC(=O)NC1CO. The van der Waals surface area contributed by atoms with Crippen LogP contribution in [0.25, 0.3) is 0 Å². The zero-order valence-electron chi connectivity index (χ0n) is 8.43. The Labute approximate surface area is 87.9 Å². The largest absolute Gasteiger partial charge is 0.439 e. The Morgan fingerprint density at radius 2 is 2.20 bits per heavy atom. The van der Waals surface area contributed by atoms with E-state index in [1.807, 2.05) is 31.2 Å². The van der Waals surface area contributed by atoms with Gasteiger partial charge in [0.25, 0.3) is 0 Å². The highest BCUT2D eigenvalue weighted by Crippen LogP contribution is 2.28. The predicted molar refractivity (Wildman–Crippen MR) is 54.4 cm³/mol. The average Bonchev–Trinajstić information content (AvgIpc) is 2.60. The van der Waals surface area contributed by atoms with Gasteiger partial charge in [0.15, 0.2) is 6.10 Å². The maximum atomic E-state index is 11.1. The smallest absolute Gasteiger partial charge is 0.408 e. The second kappa shape index (κ2) is 3.90. The number of rotatable bonds is 2. The van der Waals surface area contributed by atoms with Crippen molar-refractivity contribution in [2.45, 2.75) is 19.1 Å². The van der Waals surface area contributed by atoms with Crippen molar-refractivity contribution in [2.24, 2.45) is 0 Å². The molecule has 1 saturated heterocycles. The lowest BCUT2D eigenvalue weighted by atomic mass is 9.99. The summed E-state index contributed by atoms with van der Waals surface area (Å²) in [5.41, 5.74) is 1.99. The van der Waals surface area contributed by atoms with Crippen LogP contribution in [-0.2, 0) is 4.74 Å². The molecule has 2 atom stereocenters.